The van der Waals surface area contributed by atoms with E-state index < -0.39 is 41.6 Å². The number of imide groups is 1. The summed E-state index contributed by atoms with van der Waals surface area (Å²) in [6.07, 6.45) is 3.85. The molecule has 0 radical (unpaired) electrons. The van der Waals surface area contributed by atoms with Gasteiger partial charge in [-0.1, -0.05) is 19.3 Å². The molecule has 0 unspecified atom stereocenters. The lowest BCUT2D eigenvalue weighted by atomic mass is 9.81. The van der Waals surface area contributed by atoms with Crippen molar-refractivity contribution in [2.24, 2.45) is 0 Å². The minimum absolute atomic E-state index is 0.329. The first kappa shape index (κ1) is 17.3. The van der Waals surface area contributed by atoms with Gasteiger partial charge < -0.3 is 10.2 Å². The maximum atomic E-state index is 13.6. The van der Waals surface area contributed by atoms with Crippen LogP contribution in [-0.2, 0) is 9.59 Å². The minimum Gasteiger partial charge on any atom is -0.322 e. The predicted octanol–water partition coefficient (Wildman–Crippen LogP) is 2.50. The molecule has 4 amide bonds. The van der Waals surface area contributed by atoms with E-state index in [0.717, 1.165) is 42.4 Å². The Balaban J connectivity index is 1.74. The second kappa shape index (κ2) is 6.42. The number of anilines is 1. The van der Waals surface area contributed by atoms with Gasteiger partial charge in [-0.05, 0) is 25.0 Å². The number of rotatable bonds is 3. The highest BCUT2D eigenvalue weighted by atomic mass is 19.1. The van der Waals surface area contributed by atoms with Gasteiger partial charge in [-0.25, -0.2) is 13.6 Å². The predicted molar refractivity (Wildman–Crippen MR) is 85.7 cm³/mol. The number of amides is 4. The smallest absolute Gasteiger partial charge is 0.322 e. The zero-order valence-electron chi connectivity index (χ0n) is 13.8. The van der Waals surface area contributed by atoms with E-state index in [0.29, 0.717) is 12.8 Å². The third-order valence-electron chi connectivity index (χ3n) is 4.99. The number of carbonyl (C=O) groups is 3. The second-order valence-electron chi connectivity index (χ2n) is 6.50. The summed E-state index contributed by atoms with van der Waals surface area (Å²) in [5.74, 6) is -2.65. The summed E-state index contributed by atoms with van der Waals surface area (Å²) in [6, 6.07) is 2.12. The van der Waals surface area contributed by atoms with E-state index in [2.05, 4.69) is 5.32 Å². The van der Waals surface area contributed by atoms with E-state index in [1.165, 1.54) is 4.90 Å². The van der Waals surface area contributed by atoms with Crippen molar-refractivity contribution in [1.29, 1.82) is 0 Å². The molecule has 6 nitrogen and oxygen atoms in total. The number of nitrogens with zero attached hydrogens (tertiary/aromatic N) is 2. The molecule has 0 bridgehead atoms. The second-order valence-corrected chi connectivity index (χ2v) is 6.50. The van der Waals surface area contributed by atoms with Crippen LogP contribution < -0.4 is 5.32 Å². The molecule has 0 atom stereocenters. The van der Waals surface area contributed by atoms with E-state index in [4.69, 9.17) is 0 Å². The molecule has 1 saturated carbocycles. The van der Waals surface area contributed by atoms with Gasteiger partial charge in [0.15, 0.2) is 0 Å². The SMILES string of the molecule is CN1C(=O)N(CC(=O)Nc2cc(F)ccc2F)C(=O)C12CCCCC2. The maximum absolute atomic E-state index is 13.6. The largest absolute Gasteiger partial charge is 0.327 e. The summed E-state index contributed by atoms with van der Waals surface area (Å²) in [5, 5.41) is 2.21. The van der Waals surface area contributed by atoms with Gasteiger partial charge >= 0.3 is 6.03 Å². The molecule has 1 spiro atoms. The molecule has 2 fully saturated rings. The number of urea groups is 1. The van der Waals surface area contributed by atoms with Gasteiger partial charge in [0, 0.05) is 13.1 Å². The van der Waals surface area contributed by atoms with E-state index >= 15 is 0 Å². The lowest BCUT2D eigenvalue weighted by Gasteiger charge is -2.35. The molecule has 3 rings (SSSR count). The van der Waals surface area contributed by atoms with Crippen LogP contribution in [0.2, 0.25) is 0 Å². The Morgan fingerprint density at radius 1 is 1.20 bits per heavy atom. The maximum Gasteiger partial charge on any atom is 0.327 e. The summed E-state index contributed by atoms with van der Waals surface area (Å²) in [6.45, 7) is -0.528. The van der Waals surface area contributed by atoms with Crippen LogP contribution in [0.1, 0.15) is 32.1 Å². The van der Waals surface area contributed by atoms with E-state index in [1.807, 2.05) is 0 Å². The van der Waals surface area contributed by atoms with Crippen molar-refractivity contribution in [3.63, 3.8) is 0 Å². The first-order valence-electron chi connectivity index (χ1n) is 8.20. The third-order valence-corrected chi connectivity index (χ3v) is 4.99. The Morgan fingerprint density at radius 2 is 1.88 bits per heavy atom. The van der Waals surface area contributed by atoms with Crippen molar-refractivity contribution >= 4 is 23.5 Å². The number of likely N-dealkylation sites (N-methyl/N-ethyl adjacent to an activating group) is 1. The molecule has 134 valence electrons. The third kappa shape index (κ3) is 2.96. The van der Waals surface area contributed by atoms with Gasteiger partial charge in [-0.3, -0.25) is 14.5 Å². The highest BCUT2D eigenvalue weighted by Gasteiger charge is 2.55. The minimum atomic E-state index is -0.875. The van der Waals surface area contributed by atoms with Crippen molar-refractivity contribution in [2.75, 3.05) is 18.9 Å². The van der Waals surface area contributed by atoms with Gasteiger partial charge in [0.1, 0.15) is 23.7 Å². The lowest BCUT2D eigenvalue weighted by Crippen LogP contribution is -2.49. The summed E-state index contributed by atoms with van der Waals surface area (Å²) in [5.41, 5.74) is -1.20. The highest BCUT2D eigenvalue weighted by Crippen LogP contribution is 2.39. The van der Waals surface area contributed by atoms with Gasteiger partial charge in [0.2, 0.25) is 5.91 Å². The standard InChI is InChI=1S/C17H19F2N3O3/c1-21-16(25)22(15(24)17(21)7-3-2-4-8-17)10-14(23)20-13-9-11(18)5-6-12(13)19/h5-6,9H,2-4,7-8,10H2,1H3,(H,20,23). The first-order chi connectivity index (χ1) is 11.8. The quantitative estimate of drug-likeness (QED) is 0.851. The lowest BCUT2D eigenvalue weighted by molar-refractivity contribution is -0.136. The molecule has 2 aliphatic rings. The van der Waals surface area contributed by atoms with Crippen molar-refractivity contribution in [3.8, 4) is 0 Å². The Kier molecular flexibility index (Phi) is 4.45. The monoisotopic (exact) mass is 351 g/mol. The molecule has 1 aliphatic carbocycles. The van der Waals surface area contributed by atoms with Crippen LogP contribution in [0, 0.1) is 11.6 Å². The van der Waals surface area contributed by atoms with Gasteiger partial charge in [-0.2, -0.15) is 0 Å². The van der Waals surface area contributed by atoms with Crippen LogP contribution in [0.4, 0.5) is 19.3 Å². The van der Waals surface area contributed by atoms with E-state index in [9.17, 15) is 23.2 Å². The van der Waals surface area contributed by atoms with Gasteiger partial charge in [0.05, 0.1) is 5.69 Å². The molecular formula is C17H19F2N3O3. The van der Waals surface area contributed by atoms with Crippen LogP contribution in [-0.4, -0.2) is 46.8 Å². The molecule has 1 heterocycles. The van der Waals surface area contributed by atoms with Crippen molar-refractivity contribution in [3.05, 3.63) is 29.8 Å². The molecule has 1 N–H and O–H groups in total. The molecule has 25 heavy (non-hydrogen) atoms. The average molecular weight is 351 g/mol. The topological polar surface area (TPSA) is 69.7 Å². The molecule has 1 saturated heterocycles. The zero-order chi connectivity index (χ0) is 18.2. The van der Waals surface area contributed by atoms with Crippen LogP contribution in [0.15, 0.2) is 18.2 Å². The van der Waals surface area contributed by atoms with Crippen LogP contribution in [0.25, 0.3) is 0 Å². The average Bonchev–Trinajstić information content (AvgIpc) is 2.75. The van der Waals surface area contributed by atoms with Crippen LogP contribution in [0.5, 0.6) is 0 Å². The normalized spacial score (nSPS) is 19.6. The van der Waals surface area contributed by atoms with Crippen molar-refractivity contribution < 1.29 is 23.2 Å². The molecular weight excluding hydrogens is 332 g/mol. The first-order valence-corrected chi connectivity index (χ1v) is 8.20. The summed E-state index contributed by atoms with van der Waals surface area (Å²) < 4.78 is 26.8. The number of benzene rings is 1. The summed E-state index contributed by atoms with van der Waals surface area (Å²) in [4.78, 5) is 39.6. The molecule has 0 aromatic heterocycles. The van der Waals surface area contributed by atoms with Gasteiger partial charge in [-0.15, -0.1) is 0 Å². The number of hydrogen-bond acceptors (Lipinski definition) is 3. The molecule has 1 aromatic rings. The Bertz CT molecular complexity index is 732. The Labute approximate surface area is 143 Å². The van der Waals surface area contributed by atoms with Crippen LogP contribution >= 0.6 is 0 Å². The van der Waals surface area contributed by atoms with Gasteiger partial charge in [0.25, 0.3) is 5.91 Å². The molecule has 8 heteroatoms. The summed E-state index contributed by atoms with van der Waals surface area (Å²) in [7, 11) is 1.57. The number of halogens is 2. The summed E-state index contributed by atoms with van der Waals surface area (Å²) >= 11 is 0. The Hall–Kier alpha value is -2.51. The highest BCUT2D eigenvalue weighted by molar-refractivity contribution is 6.10. The number of carbonyl (C=O) groups excluding carboxylic acids is 3. The van der Waals surface area contributed by atoms with E-state index in [-0.39, 0.29) is 5.69 Å². The molecule has 1 aromatic carbocycles. The van der Waals surface area contributed by atoms with Crippen molar-refractivity contribution in [2.45, 2.75) is 37.6 Å². The zero-order valence-corrected chi connectivity index (χ0v) is 13.8. The van der Waals surface area contributed by atoms with E-state index in [1.54, 1.807) is 7.05 Å². The molecule has 1 aliphatic heterocycles. The number of hydrogen-bond donors (Lipinski definition) is 1. The fraction of sp³-hybridized carbons (Fsp3) is 0.471. The van der Waals surface area contributed by atoms with Crippen LogP contribution in [0.3, 0.4) is 0 Å². The fourth-order valence-electron chi connectivity index (χ4n) is 3.60. The Morgan fingerprint density at radius 3 is 2.56 bits per heavy atom. The van der Waals surface area contributed by atoms with Crippen molar-refractivity contribution in [1.82, 2.24) is 9.80 Å². The fourth-order valence-corrected chi connectivity index (χ4v) is 3.60. The number of nitrogens with one attached hydrogen (secondary N) is 1.